The Balaban J connectivity index is 1.52. The van der Waals surface area contributed by atoms with Gasteiger partial charge in [-0.05, 0) is 36.8 Å². The number of aromatic nitrogens is 2. The van der Waals surface area contributed by atoms with Gasteiger partial charge in [-0.15, -0.1) is 0 Å². The van der Waals surface area contributed by atoms with Crippen molar-refractivity contribution in [3.63, 3.8) is 0 Å². The molecule has 0 aliphatic heterocycles. The highest BCUT2D eigenvalue weighted by atomic mass is 35.5. The number of benzene rings is 3. The first-order valence-corrected chi connectivity index (χ1v) is 10.5. The van der Waals surface area contributed by atoms with Gasteiger partial charge in [0.25, 0.3) is 0 Å². The first kappa shape index (κ1) is 22.0. The largest absolute Gasteiger partial charge is 0.329 e. The Morgan fingerprint density at radius 3 is 2.36 bits per heavy atom. The summed E-state index contributed by atoms with van der Waals surface area (Å²) in [5.74, 6) is -1.75. The van der Waals surface area contributed by atoms with Crippen molar-refractivity contribution in [3.8, 4) is 16.9 Å². The molecule has 0 saturated heterocycles. The number of nitrogens with one attached hydrogen (secondary N) is 2. The van der Waals surface area contributed by atoms with Gasteiger partial charge in [-0.25, -0.2) is 10.1 Å². The Morgan fingerprint density at radius 2 is 1.64 bits per heavy atom. The van der Waals surface area contributed by atoms with Gasteiger partial charge in [0.1, 0.15) is 5.69 Å². The summed E-state index contributed by atoms with van der Waals surface area (Å²) in [5.41, 5.74) is 6.54. The Labute approximate surface area is 195 Å². The zero-order valence-corrected chi connectivity index (χ0v) is 18.5. The summed E-state index contributed by atoms with van der Waals surface area (Å²) >= 11 is 6.06. The summed E-state index contributed by atoms with van der Waals surface area (Å²) in [5, 5.41) is 11.7. The standard InChI is InChI=1S/C25H20ClN5O2/c1-17-21(26)13-8-14-22(17)28-24(32)25(33)29-27-15-19-16-31(20-11-6-3-7-12-20)30-23(19)18-9-4-2-5-10-18/h2-16H,1H3,(H,28,32)(H,29,33)/b27-15+. The van der Waals surface area contributed by atoms with E-state index in [-0.39, 0.29) is 0 Å². The number of para-hydroxylation sites is 1. The molecule has 33 heavy (non-hydrogen) atoms. The van der Waals surface area contributed by atoms with Gasteiger partial charge in [0.15, 0.2) is 0 Å². The van der Waals surface area contributed by atoms with E-state index in [2.05, 4.69) is 20.9 Å². The van der Waals surface area contributed by atoms with Gasteiger partial charge in [-0.3, -0.25) is 9.59 Å². The van der Waals surface area contributed by atoms with Crippen LogP contribution in [0.5, 0.6) is 0 Å². The lowest BCUT2D eigenvalue weighted by Gasteiger charge is -2.08. The molecule has 164 valence electrons. The van der Waals surface area contributed by atoms with Crippen LogP contribution in [0.4, 0.5) is 5.69 Å². The minimum absolute atomic E-state index is 0.460. The molecule has 0 bridgehead atoms. The second-order valence-electron chi connectivity index (χ2n) is 7.14. The monoisotopic (exact) mass is 457 g/mol. The fourth-order valence-corrected chi connectivity index (χ4v) is 3.32. The Hall–Kier alpha value is -4.23. The molecule has 1 aromatic heterocycles. The van der Waals surface area contributed by atoms with Crippen LogP contribution in [0.25, 0.3) is 16.9 Å². The van der Waals surface area contributed by atoms with Crippen LogP contribution in [0.15, 0.2) is 90.2 Å². The van der Waals surface area contributed by atoms with Crippen molar-refractivity contribution in [1.82, 2.24) is 15.2 Å². The van der Waals surface area contributed by atoms with E-state index < -0.39 is 11.8 Å². The summed E-state index contributed by atoms with van der Waals surface area (Å²) in [6.07, 6.45) is 3.27. The molecule has 3 aromatic carbocycles. The normalized spacial score (nSPS) is 10.8. The highest BCUT2D eigenvalue weighted by Crippen LogP contribution is 2.23. The van der Waals surface area contributed by atoms with Crippen LogP contribution < -0.4 is 10.7 Å². The van der Waals surface area contributed by atoms with E-state index in [4.69, 9.17) is 11.6 Å². The number of carbonyl (C=O) groups excluding carboxylic acids is 2. The van der Waals surface area contributed by atoms with Crippen LogP contribution in [0.3, 0.4) is 0 Å². The summed E-state index contributed by atoms with van der Waals surface area (Å²) in [6, 6.07) is 24.4. The average molecular weight is 458 g/mol. The van der Waals surface area contributed by atoms with Crippen molar-refractivity contribution in [2.45, 2.75) is 6.92 Å². The van der Waals surface area contributed by atoms with Crippen molar-refractivity contribution < 1.29 is 9.59 Å². The van der Waals surface area contributed by atoms with Gasteiger partial charge in [-0.1, -0.05) is 66.2 Å². The number of anilines is 1. The fraction of sp³-hybridized carbons (Fsp3) is 0.0400. The topological polar surface area (TPSA) is 88.4 Å². The van der Waals surface area contributed by atoms with Crippen LogP contribution in [0, 0.1) is 6.92 Å². The first-order chi connectivity index (χ1) is 16.0. The second-order valence-corrected chi connectivity index (χ2v) is 7.55. The number of nitrogens with zero attached hydrogens (tertiary/aromatic N) is 3. The van der Waals surface area contributed by atoms with E-state index in [0.717, 1.165) is 11.3 Å². The first-order valence-electron chi connectivity index (χ1n) is 10.1. The molecule has 2 amide bonds. The van der Waals surface area contributed by atoms with Crippen molar-refractivity contribution in [2.75, 3.05) is 5.32 Å². The van der Waals surface area contributed by atoms with E-state index in [1.807, 2.05) is 66.9 Å². The number of amides is 2. The maximum absolute atomic E-state index is 12.2. The third kappa shape index (κ3) is 5.16. The molecule has 1 heterocycles. The van der Waals surface area contributed by atoms with Gasteiger partial charge in [0.05, 0.1) is 11.9 Å². The molecule has 7 nitrogen and oxygen atoms in total. The fourth-order valence-electron chi connectivity index (χ4n) is 3.15. The Kier molecular flexibility index (Phi) is 6.61. The lowest BCUT2D eigenvalue weighted by Crippen LogP contribution is -2.32. The summed E-state index contributed by atoms with van der Waals surface area (Å²) in [6.45, 7) is 1.75. The molecule has 0 saturated carbocycles. The molecule has 0 unspecified atom stereocenters. The maximum Gasteiger partial charge on any atom is 0.329 e. The molecule has 4 rings (SSSR count). The molecule has 8 heteroatoms. The molecule has 0 radical (unpaired) electrons. The van der Waals surface area contributed by atoms with E-state index in [9.17, 15) is 9.59 Å². The van der Waals surface area contributed by atoms with Crippen molar-refractivity contribution in [3.05, 3.63) is 101 Å². The zero-order valence-electron chi connectivity index (χ0n) is 17.7. The summed E-state index contributed by atoms with van der Waals surface area (Å²) in [7, 11) is 0. The highest BCUT2D eigenvalue weighted by Gasteiger charge is 2.15. The molecular weight excluding hydrogens is 438 g/mol. The molecule has 2 N–H and O–H groups in total. The summed E-state index contributed by atoms with van der Waals surface area (Å²) < 4.78 is 1.74. The van der Waals surface area contributed by atoms with Gasteiger partial charge in [0.2, 0.25) is 0 Å². The van der Waals surface area contributed by atoms with E-state index in [1.165, 1.54) is 6.21 Å². The molecule has 0 fully saturated rings. The molecule has 0 aliphatic carbocycles. The van der Waals surface area contributed by atoms with Gasteiger partial charge < -0.3 is 5.32 Å². The average Bonchev–Trinajstić information content (AvgIpc) is 3.27. The van der Waals surface area contributed by atoms with E-state index in [1.54, 1.807) is 29.8 Å². The van der Waals surface area contributed by atoms with Crippen molar-refractivity contribution in [1.29, 1.82) is 0 Å². The summed E-state index contributed by atoms with van der Waals surface area (Å²) in [4.78, 5) is 24.5. The number of halogens is 1. The van der Waals surface area contributed by atoms with Crippen LogP contribution in [-0.2, 0) is 9.59 Å². The molecule has 0 aliphatic rings. The van der Waals surface area contributed by atoms with Gasteiger partial charge in [0, 0.05) is 28.0 Å². The lowest BCUT2D eigenvalue weighted by molar-refractivity contribution is -0.136. The molecule has 4 aromatic rings. The van der Waals surface area contributed by atoms with Crippen molar-refractivity contribution >= 4 is 35.3 Å². The second kappa shape index (κ2) is 9.93. The number of hydrogen-bond donors (Lipinski definition) is 2. The predicted molar refractivity (Wildman–Crippen MR) is 130 cm³/mol. The van der Waals surface area contributed by atoms with E-state index in [0.29, 0.717) is 27.5 Å². The van der Waals surface area contributed by atoms with Gasteiger partial charge >= 0.3 is 11.8 Å². The minimum atomic E-state index is -0.901. The SMILES string of the molecule is Cc1c(Cl)cccc1NC(=O)C(=O)N/N=C/c1cn(-c2ccccc2)nc1-c1ccccc1. The van der Waals surface area contributed by atoms with E-state index >= 15 is 0 Å². The zero-order chi connectivity index (χ0) is 23.2. The minimum Gasteiger partial charge on any atom is -0.317 e. The third-order valence-corrected chi connectivity index (χ3v) is 5.31. The quantitative estimate of drug-likeness (QED) is 0.261. The third-order valence-electron chi connectivity index (χ3n) is 4.90. The number of carbonyl (C=O) groups is 2. The highest BCUT2D eigenvalue weighted by molar-refractivity contribution is 6.40. The number of hydrogen-bond acceptors (Lipinski definition) is 4. The predicted octanol–water partition coefficient (Wildman–Crippen LogP) is 4.59. The molecular formula is C25H20ClN5O2. The van der Waals surface area contributed by atoms with Crippen molar-refractivity contribution in [2.24, 2.45) is 5.10 Å². The Morgan fingerprint density at radius 1 is 0.939 bits per heavy atom. The van der Waals surface area contributed by atoms with Crippen LogP contribution in [0.2, 0.25) is 5.02 Å². The smallest absolute Gasteiger partial charge is 0.317 e. The molecule has 0 atom stereocenters. The number of rotatable bonds is 5. The Bertz CT molecular complexity index is 1320. The van der Waals surface area contributed by atoms with Crippen LogP contribution in [0.1, 0.15) is 11.1 Å². The molecule has 0 spiro atoms. The lowest BCUT2D eigenvalue weighted by atomic mass is 10.1. The van der Waals surface area contributed by atoms with Gasteiger partial charge in [-0.2, -0.15) is 10.2 Å². The van der Waals surface area contributed by atoms with Crippen LogP contribution in [-0.4, -0.2) is 27.8 Å². The van der Waals surface area contributed by atoms with Crippen LogP contribution >= 0.6 is 11.6 Å². The number of hydrazone groups is 1. The maximum atomic E-state index is 12.2.